The lowest BCUT2D eigenvalue weighted by atomic mass is 10.2. The van der Waals surface area contributed by atoms with Gasteiger partial charge in [-0.15, -0.1) is 0 Å². The Morgan fingerprint density at radius 2 is 1.70 bits per heavy atom. The van der Waals surface area contributed by atoms with Crippen LogP contribution in [0, 0.1) is 11.8 Å². The third kappa shape index (κ3) is 6.60. The summed E-state index contributed by atoms with van der Waals surface area (Å²) in [7, 11) is 0. The quantitative estimate of drug-likeness (QED) is 0.740. The van der Waals surface area contributed by atoms with Crippen LogP contribution < -0.4 is 4.74 Å². The molecule has 0 atom stereocenters. The lowest BCUT2D eigenvalue weighted by Gasteiger charge is -2.20. The number of aliphatic hydroxyl groups excluding tert-OH is 1. The van der Waals surface area contributed by atoms with Gasteiger partial charge in [-0.1, -0.05) is 25.7 Å². The molecule has 3 nitrogen and oxygen atoms in total. The monoisotopic (exact) mass is 275 g/mol. The van der Waals surface area contributed by atoms with Gasteiger partial charge in [-0.05, 0) is 50.2 Å². The van der Waals surface area contributed by atoms with E-state index in [1.54, 1.807) is 0 Å². The Morgan fingerprint density at radius 1 is 1.05 bits per heavy atom. The van der Waals surface area contributed by atoms with Gasteiger partial charge in [0, 0.05) is 12.1 Å². The van der Waals surface area contributed by atoms with E-state index in [9.17, 15) is 0 Å². The predicted octanol–water partition coefficient (Wildman–Crippen LogP) is 2.53. The van der Waals surface area contributed by atoms with Crippen LogP contribution in [0.5, 0.6) is 5.75 Å². The Kier molecular flexibility index (Phi) is 8.53. The minimum atomic E-state index is -0.108. The van der Waals surface area contributed by atoms with Gasteiger partial charge in [-0.2, -0.15) is 0 Å². The molecule has 0 aliphatic carbocycles. The highest BCUT2D eigenvalue weighted by molar-refractivity contribution is 5.38. The van der Waals surface area contributed by atoms with Gasteiger partial charge in [0.1, 0.15) is 19.0 Å². The van der Waals surface area contributed by atoms with Crippen molar-refractivity contribution in [2.24, 2.45) is 0 Å². The third-order valence-electron chi connectivity index (χ3n) is 2.92. The molecule has 0 spiro atoms. The molecule has 0 saturated heterocycles. The molecule has 0 saturated carbocycles. The van der Waals surface area contributed by atoms with Crippen LogP contribution in [0.15, 0.2) is 24.3 Å². The van der Waals surface area contributed by atoms with E-state index >= 15 is 0 Å². The molecule has 1 rings (SSSR count). The Bertz CT molecular complexity index is 411. The Balaban J connectivity index is 2.37. The molecule has 0 unspecified atom stereocenters. The third-order valence-corrected chi connectivity index (χ3v) is 2.92. The molecule has 20 heavy (non-hydrogen) atoms. The molecule has 0 amide bonds. The van der Waals surface area contributed by atoms with Crippen molar-refractivity contribution in [3.8, 4) is 17.6 Å². The fourth-order valence-corrected chi connectivity index (χ4v) is 2.04. The van der Waals surface area contributed by atoms with Crippen LogP contribution in [0.3, 0.4) is 0 Å². The van der Waals surface area contributed by atoms with Gasteiger partial charge in [-0.25, -0.2) is 0 Å². The van der Waals surface area contributed by atoms with Crippen LogP contribution in [0.2, 0.25) is 0 Å². The molecular weight excluding hydrogens is 250 g/mol. The van der Waals surface area contributed by atoms with Crippen LogP contribution in [-0.4, -0.2) is 42.9 Å². The van der Waals surface area contributed by atoms with E-state index < -0.39 is 0 Å². The minimum Gasteiger partial charge on any atom is -0.492 e. The van der Waals surface area contributed by atoms with Crippen molar-refractivity contribution in [1.82, 2.24) is 4.90 Å². The highest BCUT2D eigenvalue weighted by Crippen LogP contribution is 2.11. The van der Waals surface area contributed by atoms with Gasteiger partial charge in [0.2, 0.25) is 0 Å². The fraction of sp³-hybridized carbons (Fsp3) is 0.529. The summed E-state index contributed by atoms with van der Waals surface area (Å²) in [4.78, 5) is 2.43. The summed E-state index contributed by atoms with van der Waals surface area (Å²) < 4.78 is 5.75. The summed E-state index contributed by atoms with van der Waals surface area (Å²) in [6.45, 7) is 8.24. The average Bonchev–Trinajstić information content (AvgIpc) is 2.47. The second-order valence-corrected chi connectivity index (χ2v) is 4.67. The molecule has 0 aromatic heterocycles. The van der Waals surface area contributed by atoms with E-state index in [0.29, 0.717) is 6.61 Å². The predicted molar refractivity (Wildman–Crippen MR) is 82.9 cm³/mol. The van der Waals surface area contributed by atoms with E-state index in [0.717, 1.165) is 30.9 Å². The number of benzene rings is 1. The molecule has 0 aliphatic rings. The lowest BCUT2D eigenvalue weighted by molar-refractivity contribution is 0.209. The van der Waals surface area contributed by atoms with Crippen LogP contribution in [0.25, 0.3) is 0 Å². The first-order valence-electron chi connectivity index (χ1n) is 7.35. The van der Waals surface area contributed by atoms with Gasteiger partial charge in [-0.3, -0.25) is 4.90 Å². The van der Waals surface area contributed by atoms with Gasteiger partial charge < -0.3 is 9.84 Å². The number of hydrogen-bond acceptors (Lipinski definition) is 3. The van der Waals surface area contributed by atoms with Crippen molar-refractivity contribution in [1.29, 1.82) is 0 Å². The first-order chi connectivity index (χ1) is 9.80. The average molecular weight is 275 g/mol. The summed E-state index contributed by atoms with van der Waals surface area (Å²) in [5, 5.41) is 8.63. The first kappa shape index (κ1) is 16.6. The molecule has 0 fully saturated rings. The second kappa shape index (κ2) is 10.3. The van der Waals surface area contributed by atoms with Gasteiger partial charge in [0.15, 0.2) is 0 Å². The van der Waals surface area contributed by atoms with Gasteiger partial charge in [0.25, 0.3) is 0 Å². The van der Waals surface area contributed by atoms with Crippen molar-refractivity contribution >= 4 is 0 Å². The maximum Gasteiger partial charge on any atom is 0.119 e. The topological polar surface area (TPSA) is 32.7 Å². The Hall–Kier alpha value is -1.50. The minimum absolute atomic E-state index is 0.108. The summed E-state index contributed by atoms with van der Waals surface area (Å²) in [5.41, 5.74) is 0.894. The second-order valence-electron chi connectivity index (χ2n) is 4.67. The largest absolute Gasteiger partial charge is 0.492 e. The van der Waals surface area contributed by atoms with E-state index in [1.807, 2.05) is 24.3 Å². The molecule has 0 aliphatic heterocycles. The first-order valence-corrected chi connectivity index (χ1v) is 7.35. The smallest absolute Gasteiger partial charge is 0.119 e. The number of aliphatic hydroxyl groups is 1. The standard InChI is InChI=1S/C17H25NO2/c1-3-11-18(12-4-2)13-15-20-17-9-7-16(8-10-17)6-5-14-19/h7-10,19H,3-4,11-15H2,1-2H3. The summed E-state index contributed by atoms with van der Waals surface area (Å²) in [6.07, 6.45) is 2.36. The van der Waals surface area contributed by atoms with E-state index in [4.69, 9.17) is 9.84 Å². The zero-order valence-electron chi connectivity index (χ0n) is 12.6. The SMILES string of the molecule is CCCN(CCC)CCOc1ccc(C#CCO)cc1. The normalized spacial score (nSPS) is 10.2. The summed E-state index contributed by atoms with van der Waals surface area (Å²) >= 11 is 0. The van der Waals surface area contributed by atoms with Gasteiger partial charge in [0.05, 0.1) is 0 Å². The van der Waals surface area contributed by atoms with E-state index in [2.05, 4.69) is 30.6 Å². The fourth-order valence-electron chi connectivity index (χ4n) is 2.04. The van der Waals surface area contributed by atoms with Crippen molar-refractivity contribution in [3.63, 3.8) is 0 Å². The lowest BCUT2D eigenvalue weighted by Crippen LogP contribution is -2.30. The van der Waals surface area contributed by atoms with E-state index in [-0.39, 0.29) is 6.61 Å². The number of hydrogen-bond donors (Lipinski definition) is 1. The number of rotatable bonds is 8. The number of ether oxygens (including phenoxy) is 1. The number of nitrogens with zero attached hydrogens (tertiary/aromatic N) is 1. The maximum atomic E-state index is 8.63. The summed E-state index contributed by atoms with van der Waals surface area (Å²) in [6, 6.07) is 7.67. The maximum absolute atomic E-state index is 8.63. The van der Waals surface area contributed by atoms with Crippen molar-refractivity contribution in [3.05, 3.63) is 29.8 Å². The molecule has 0 bridgehead atoms. The van der Waals surface area contributed by atoms with Crippen LogP contribution in [0.4, 0.5) is 0 Å². The molecule has 1 N–H and O–H groups in total. The van der Waals surface area contributed by atoms with Crippen molar-refractivity contribution in [2.45, 2.75) is 26.7 Å². The molecular formula is C17H25NO2. The van der Waals surface area contributed by atoms with Crippen LogP contribution >= 0.6 is 0 Å². The highest BCUT2D eigenvalue weighted by Gasteiger charge is 2.02. The molecule has 3 heteroatoms. The van der Waals surface area contributed by atoms with E-state index in [1.165, 1.54) is 12.8 Å². The Morgan fingerprint density at radius 3 is 2.25 bits per heavy atom. The van der Waals surface area contributed by atoms with Crippen molar-refractivity contribution < 1.29 is 9.84 Å². The molecule has 0 heterocycles. The zero-order valence-corrected chi connectivity index (χ0v) is 12.6. The molecule has 1 aromatic rings. The van der Waals surface area contributed by atoms with Crippen LogP contribution in [-0.2, 0) is 0 Å². The zero-order chi connectivity index (χ0) is 14.6. The van der Waals surface area contributed by atoms with Crippen LogP contribution in [0.1, 0.15) is 32.3 Å². The highest BCUT2D eigenvalue weighted by atomic mass is 16.5. The summed E-state index contributed by atoms with van der Waals surface area (Å²) in [5.74, 6) is 6.36. The van der Waals surface area contributed by atoms with Crippen molar-refractivity contribution in [2.75, 3.05) is 32.8 Å². The molecule has 1 aromatic carbocycles. The molecule has 110 valence electrons. The molecule has 0 radical (unpaired) electrons. The Labute approximate surface area is 122 Å². The van der Waals surface area contributed by atoms with Gasteiger partial charge >= 0.3 is 0 Å².